The summed E-state index contributed by atoms with van der Waals surface area (Å²) in [4.78, 5) is 12.6. The molecule has 3 aromatic carbocycles. The van der Waals surface area contributed by atoms with Crippen LogP contribution in [-0.4, -0.2) is 28.0 Å². The standard InChI is InChI=1S/C22H21FN2O4S/c1-16-6-5-7-18(14-16)24-22(26)15-25(20-8-3-4-9-21(20)29-2)30(27,28)19-12-10-17(23)11-13-19/h3-14H,15H2,1-2H3,(H,24,26). The van der Waals surface area contributed by atoms with E-state index in [2.05, 4.69) is 5.32 Å². The zero-order chi connectivity index (χ0) is 21.7. The minimum Gasteiger partial charge on any atom is -0.495 e. The number of halogens is 1. The Kier molecular flexibility index (Phi) is 6.37. The maximum atomic E-state index is 13.3. The van der Waals surface area contributed by atoms with Crippen LogP contribution in [-0.2, 0) is 14.8 Å². The minimum absolute atomic E-state index is 0.141. The third kappa shape index (κ3) is 4.77. The summed E-state index contributed by atoms with van der Waals surface area (Å²) in [6, 6.07) is 18.1. The van der Waals surface area contributed by atoms with E-state index >= 15 is 0 Å². The van der Waals surface area contributed by atoms with Gasteiger partial charge in [0.2, 0.25) is 5.91 Å². The second-order valence-corrected chi connectivity index (χ2v) is 8.42. The van der Waals surface area contributed by atoms with Crippen LogP contribution in [0, 0.1) is 12.7 Å². The zero-order valence-electron chi connectivity index (χ0n) is 16.5. The minimum atomic E-state index is -4.17. The van der Waals surface area contributed by atoms with Gasteiger partial charge in [0.15, 0.2) is 0 Å². The first-order chi connectivity index (χ1) is 14.3. The van der Waals surface area contributed by atoms with Gasteiger partial charge in [-0.3, -0.25) is 9.10 Å². The highest BCUT2D eigenvalue weighted by Crippen LogP contribution is 2.32. The first-order valence-electron chi connectivity index (χ1n) is 9.09. The third-order valence-corrected chi connectivity index (χ3v) is 6.12. The number of nitrogens with zero attached hydrogens (tertiary/aromatic N) is 1. The largest absolute Gasteiger partial charge is 0.495 e. The Labute approximate surface area is 175 Å². The summed E-state index contributed by atoms with van der Waals surface area (Å²) < 4.78 is 46.2. The fraction of sp³-hybridized carbons (Fsp3) is 0.136. The number of carbonyl (C=O) groups excluding carboxylic acids is 1. The number of ether oxygens (including phenoxy) is 1. The normalized spacial score (nSPS) is 11.0. The molecule has 3 rings (SSSR count). The molecule has 0 aromatic heterocycles. The van der Waals surface area contributed by atoms with Crippen LogP contribution in [0.3, 0.4) is 0 Å². The zero-order valence-corrected chi connectivity index (χ0v) is 17.3. The summed E-state index contributed by atoms with van der Waals surface area (Å²) >= 11 is 0. The van der Waals surface area contributed by atoms with Gasteiger partial charge in [-0.1, -0.05) is 24.3 Å². The Hall–Kier alpha value is -3.39. The summed E-state index contributed by atoms with van der Waals surface area (Å²) in [5, 5.41) is 2.71. The van der Waals surface area contributed by atoms with Gasteiger partial charge in [0.1, 0.15) is 18.1 Å². The van der Waals surface area contributed by atoms with Crippen LogP contribution in [0.4, 0.5) is 15.8 Å². The van der Waals surface area contributed by atoms with Gasteiger partial charge in [0, 0.05) is 5.69 Å². The Bertz CT molecular complexity index is 1150. The number of amides is 1. The Morgan fingerprint density at radius 1 is 1.03 bits per heavy atom. The van der Waals surface area contributed by atoms with E-state index in [0.29, 0.717) is 5.69 Å². The highest BCUT2D eigenvalue weighted by molar-refractivity contribution is 7.92. The van der Waals surface area contributed by atoms with Crippen LogP contribution in [0.25, 0.3) is 0 Å². The second-order valence-electron chi connectivity index (χ2n) is 6.56. The fourth-order valence-electron chi connectivity index (χ4n) is 2.92. The molecule has 0 saturated heterocycles. The van der Waals surface area contributed by atoms with Crippen LogP contribution in [0.15, 0.2) is 77.7 Å². The molecule has 3 aromatic rings. The molecule has 8 heteroatoms. The number of anilines is 2. The first-order valence-corrected chi connectivity index (χ1v) is 10.5. The lowest BCUT2D eigenvalue weighted by molar-refractivity contribution is -0.114. The maximum Gasteiger partial charge on any atom is 0.264 e. The van der Waals surface area contributed by atoms with E-state index in [9.17, 15) is 17.6 Å². The van der Waals surface area contributed by atoms with E-state index < -0.39 is 28.3 Å². The van der Waals surface area contributed by atoms with Crippen molar-refractivity contribution in [2.45, 2.75) is 11.8 Å². The number of hydrogen-bond acceptors (Lipinski definition) is 4. The highest BCUT2D eigenvalue weighted by atomic mass is 32.2. The van der Waals surface area contributed by atoms with E-state index in [1.54, 1.807) is 42.5 Å². The van der Waals surface area contributed by atoms with E-state index in [4.69, 9.17) is 4.74 Å². The third-order valence-electron chi connectivity index (χ3n) is 4.34. The maximum absolute atomic E-state index is 13.3. The van der Waals surface area contributed by atoms with Crippen molar-refractivity contribution in [2.75, 3.05) is 23.3 Å². The molecule has 0 fully saturated rings. The van der Waals surface area contributed by atoms with Crippen LogP contribution in [0.1, 0.15) is 5.56 Å². The molecule has 0 aliphatic heterocycles. The Morgan fingerprint density at radius 3 is 2.40 bits per heavy atom. The molecule has 30 heavy (non-hydrogen) atoms. The van der Waals surface area contributed by atoms with Gasteiger partial charge in [-0.25, -0.2) is 12.8 Å². The van der Waals surface area contributed by atoms with Crippen LogP contribution < -0.4 is 14.4 Å². The molecule has 0 spiro atoms. The molecule has 1 N–H and O–H groups in total. The number of methoxy groups -OCH3 is 1. The molecule has 156 valence electrons. The van der Waals surface area contributed by atoms with Crippen molar-refractivity contribution in [2.24, 2.45) is 0 Å². The Balaban J connectivity index is 1.99. The molecule has 0 saturated carbocycles. The van der Waals surface area contributed by atoms with Crippen molar-refractivity contribution in [1.29, 1.82) is 0 Å². The van der Waals surface area contributed by atoms with Crippen molar-refractivity contribution in [3.05, 3.63) is 84.2 Å². The molecule has 0 aliphatic carbocycles. The molecular weight excluding hydrogens is 407 g/mol. The lowest BCUT2D eigenvalue weighted by Gasteiger charge is -2.25. The van der Waals surface area contributed by atoms with E-state index in [-0.39, 0.29) is 16.3 Å². The van der Waals surface area contributed by atoms with Crippen LogP contribution >= 0.6 is 0 Å². The molecule has 0 heterocycles. The average molecular weight is 428 g/mol. The monoisotopic (exact) mass is 428 g/mol. The number of carbonyl (C=O) groups is 1. The molecule has 6 nitrogen and oxygen atoms in total. The predicted octanol–water partition coefficient (Wildman–Crippen LogP) is 3.98. The molecule has 0 radical (unpaired) electrons. The molecular formula is C22H21FN2O4S. The number of para-hydroxylation sites is 2. The summed E-state index contributed by atoms with van der Waals surface area (Å²) in [5.41, 5.74) is 1.70. The topological polar surface area (TPSA) is 75.7 Å². The van der Waals surface area contributed by atoms with Gasteiger partial charge in [0.25, 0.3) is 10.0 Å². The smallest absolute Gasteiger partial charge is 0.264 e. The van der Waals surface area contributed by atoms with Crippen LogP contribution in [0.5, 0.6) is 5.75 Å². The van der Waals surface area contributed by atoms with Gasteiger partial charge < -0.3 is 10.1 Å². The second kappa shape index (κ2) is 8.96. The quantitative estimate of drug-likeness (QED) is 0.618. The van der Waals surface area contributed by atoms with E-state index in [1.807, 2.05) is 13.0 Å². The number of sulfonamides is 1. The number of hydrogen-bond donors (Lipinski definition) is 1. The molecule has 0 atom stereocenters. The van der Waals surface area contributed by atoms with Crippen molar-refractivity contribution >= 4 is 27.3 Å². The van der Waals surface area contributed by atoms with Crippen molar-refractivity contribution in [1.82, 2.24) is 0 Å². The number of aryl methyl sites for hydroxylation is 1. The van der Waals surface area contributed by atoms with Gasteiger partial charge in [-0.15, -0.1) is 0 Å². The SMILES string of the molecule is COc1ccccc1N(CC(=O)Nc1cccc(C)c1)S(=O)(=O)c1ccc(F)cc1. The number of nitrogens with one attached hydrogen (secondary N) is 1. The Morgan fingerprint density at radius 2 is 1.73 bits per heavy atom. The van der Waals surface area contributed by atoms with Crippen molar-refractivity contribution < 1.29 is 22.3 Å². The van der Waals surface area contributed by atoms with Gasteiger partial charge in [0.05, 0.1) is 17.7 Å². The van der Waals surface area contributed by atoms with Gasteiger partial charge in [-0.05, 0) is 61.0 Å². The number of rotatable bonds is 7. The lowest BCUT2D eigenvalue weighted by Crippen LogP contribution is -2.38. The van der Waals surface area contributed by atoms with Crippen LogP contribution in [0.2, 0.25) is 0 Å². The summed E-state index contributed by atoms with van der Waals surface area (Å²) in [6.07, 6.45) is 0. The molecule has 0 bridgehead atoms. The summed E-state index contributed by atoms with van der Waals surface area (Å²) in [7, 11) is -2.76. The summed E-state index contributed by atoms with van der Waals surface area (Å²) in [6.45, 7) is 1.39. The molecule has 1 amide bonds. The van der Waals surface area contributed by atoms with Crippen molar-refractivity contribution in [3.8, 4) is 5.75 Å². The highest BCUT2D eigenvalue weighted by Gasteiger charge is 2.29. The van der Waals surface area contributed by atoms with E-state index in [0.717, 1.165) is 34.1 Å². The van der Waals surface area contributed by atoms with Crippen molar-refractivity contribution in [3.63, 3.8) is 0 Å². The molecule has 0 unspecified atom stereocenters. The average Bonchev–Trinajstić information content (AvgIpc) is 2.72. The van der Waals surface area contributed by atoms with E-state index in [1.165, 1.54) is 7.11 Å². The predicted molar refractivity (Wildman–Crippen MR) is 114 cm³/mol. The fourth-order valence-corrected chi connectivity index (χ4v) is 4.35. The number of benzene rings is 3. The van der Waals surface area contributed by atoms with Gasteiger partial charge >= 0.3 is 0 Å². The summed E-state index contributed by atoms with van der Waals surface area (Å²) in [5.74, 6) is -0.807. The van der Waals surface area contributed by atoms with Gasteiger partial charge in [-0.2, -0.15) is 0 Å². The lowest BCUT2D eigenvalue weighted by atomic mass is 10.2. The molecule has 0 aliphatic rings. The first kappa shape index (κ1) is 21.3.